The first-order valence-electron chi connectivity index (χ1n) is 8.76. The van der Waals surface area contributed by atoms with Gasteiger partial charge in [0.2, 0.25) is 0 Å². The van der Waals surface area contributed by atoms with Crippen LogP contribution in [0, 0.1) is 0 Å². The molecule has 2 aromatic carbocycles. The summed E-state index contributed by atoms with van der Waals surface area (Å²) in [7, 11) is 1.36. The molecule has 0 saturated heterocycles. The summed E-state index contributed by atoms with van der Waals surface area (Å²) in [6, 6.07) is 16.2. The number of rotatable bonds is 5. The minimum Gasteiger partial charge on any atom is -0.465 e. The summed E-state index contributed by atoms with van der Waals surface area (Å²) in [6.07, 6.45) is 1.68. The van der Waals surface area contributed by atoms with Crippen LogP contribution < -0.4 is 5.32 Å². The number of hydrogen-bond donors (Lipinski definition) is 1. The Kier molecular flexibility index (Phi) is 5.38. The third-order valence-electron chi connectivity index (χ3n) is 4.41. The van der Waals surface area contributed by atoms with E-state index in [2.05, 4.69) is 15.4 Å². The zero-order valence-electron chi connectivity index (χ0n) is 15.4. The lowest BCUT2D eigenvalue weighted by Gasteiger charge is -2.12. The molecular formula is C21H16Cl2N4O2. The number of carbonyl (C=O) groups is 1. The molecule has 0 atom stereocenters. The molecule has 2 aromatic heterocycles. The van der Waals surface area contributed by atoms with E-state index in [0.717, 1.165) is 16.9 Å². The van der Waals surface area contributed by atoms with Crippen molar-refractivity contribution in [3.05, 3.63) is 82.0 Å². The second-order valence-electron chi connectivity index (χ2n) is 6.29. The SMILES string of the molecule is COC(=O)c1cccc(-c2cc(NCc3ccc(Cl)cc3Cl)n3nccc3n2)c1. The number of benzene rings is 2. The Morgan fingerprint density at radius 2 is 2.00 bits per heavy atom. The van der Waals surface area contributed by atoms with Crippen LogP contribution in [-0.4, -0.2) is 27.7 Å². The van der Waals surface area contributed by atoms with Crippen molar-refractivity contribution in [2.24, 2.45) is 0 Å². The Balaban J connectivity index is 1.70. The molecule has 0 unspecified atom stereocenters. The van der Waals surface area contributed by atoms with Crippen molar-refractivity contribution in [3.63, 3.8) is 0 Å². The van der Waals surface area contributed by atoms with Crippen LogP contribution in [0.15, 0.2) is 60.8 Å². The summed E-state index contributed by atoms with van der Waals surface area (Å²) in [4.78, 5) is 16.5. The molecule has 0 aliphatic carbocycles. The van der Waals surface area contributed by atoms with Crippen molar-refractivity contribution in [1.29, 1.82) is 0 Å². The number of esters is 1. The van der Waals surface area contributed by atoms with Gasteiger partial charge in [-0.2, -0.15) is 9.61 Å². The molecule has 4 aromatic rings. The fourth-order valence-electron chi connectivity index (χ4n) is 2.96. The van der Waals surface area contributed by atoms with Gasteiger partial charge in [-0.05, 0) is 29.8 Å². The van der Waals surface area contributed by atoms with Gasteiger partial charge in [0.25, 0.3) is 0 Å². The number of methoxy groups -OCH3 is 1. The van der Waals surface area contributed by atoms with E-state index in [4.69, 9.17) is 27.9 Å². The molecule has 8 heteroatoms. The number of ether oxygens (including phenoxy) is 1. The molecule has 0 spiro atoms. The quantitative estimate of drug-likeness (QED) is 0.449. The maximum Gasteiger partial charge on any atom is 0.337 e. The van der Waals surface area contributed by atoms with Crippen LogP contribution in [0.3, 0.4) is 0 Å². The molecule has 1 N–H and O–H groups in total. The molecule has 0 saturated carbocycles. The van der Waals surface area contributed by atoms with Crippen molar-refractivity contribution in [3.8, 4) is 11.3 Å². The number of carbonyl (C=O) groups excluding carboxylic acids is 1. The maximum absolute atomic E-state index is 11.9. The first-order chi connectivity index (χ1) is 14.0. The molecule has 0 fully saturated rings. The topological polar surface area (TPSA) is 68.5 Å². The number of nitrogens with zero attached hydrogens (tertiary/aromatic N) is 3. The van der Waals surface area contributed by atoms with Gasteiger partial charge in [-0.3, -0.25) is 0 Å². The molecular weight excluding hydrogens is 411 g/mol. The Labute approximate surface area is 177 Å². The zero-order valence-corrected chi connectivity index (χ0v) is 16.9. The molecule has 4 rings (SSSR count). The van der Waals surface area contributed by atoms with E-state index in [-0.39, 0.29) is 0 Å². The lowest BCUT2D eigenvalue weighted by molar-refractivity contribution is 0.0601. The number of aromatic nitrogens is 3. The molecule has 146 valence electrons. The molecule has 2 heterocycles. The van der Waals surface area contributed by atoms with Crippen molar-refractivity contribution in [2.45, 2.75) is 6.54 Å². The molecule has 0 radical (unpaired) electrons. The average Bonchev–Trinajstić information content (AvgIpc) is 3.21. The molecule has 29 heavy (non-hydrogen) atoms. The Morgan fingerprint density at radius 1 is 1.14 bits per heavy atom. The van der Waals surface area contributed by atoms with Crippen LogP contribution in [0.4, 0.5) is 5.82 Å². The van der Waals surface area contributed by atoms with Crippen LogP contribution in [0.5, 0.6) is 0 Å². The fourth-order valence-corrected chi connectivity index (χ4v) is 3.44. The van der Waals surface area contributed by atoms with E-state index in [1.807, 2.05) is 24.3 Å². The van der Waals surface area contributed by atoms with E-state index in [9.17, 15) is 4.79 Å². The summed E-state index contributed by atoms with van der Waals surface area (Å²) in [5, 5.41) is 8.85. The Morgan fingerprint density at radius 3 is 2.79 bits per heavy atom. The summed E-state index contributed by atoms with van der Waals surface area (Å²) in [6.45, 7) is 0.483. The highest BCUT2D eigenvalue weighted by Crippen LogP contribution is 2.25. The van der Waals surface area contributed by atoms with Gasteiger partial charge < -0.3 is 10.1 Å². The summed E-state index contributed by atoms with van der Waals surface area (Å²) in [5.41, 5.74) is 3.54. The number of nitrogens with one attached hydrogen (secondary N) is 1. The maximum atomic E-state index is 11.9. The summed E-state index contributed by atoms with van der Waals surface area (Å²) >= 11 is 12.2. The monoisotopic (exact) mass is 426 g/mol. The van der Waals surface area contributed by atoms with Gasteiger partial charge in [-0.1, -0.05) is 41.4 Å². The van der Waals surface area contributed by atoms with Gasteiger partial charge >= 0.3 is 5.97 Å². The van der Waals surface area contributed by atoms with E-state index in [0.29, 0.717) is 33.5 Å². The molecule has 6 nitrogen and oxygen atoms in total. The van der Waals surface area contributed by atoms with Crippen molar-refractivity contribution >= 4 is 40.6 Å². The number of hydrogen-bond acceptors (Lipinski definition) is 5. The highest BCUT2D eigenvalue weighted by molar-refractivity contribution is 6.35. The fraction of sp³-hybridized carbons (Fsp3) is 0.0952. The van der Waals surface area contributed by atoms with E-state index in [1.165, 1.54) is 7.11 Å². The van der Waals surface area contributed by atoms with E-state index >= 15 is 0 Å². The normalized spacial score (nSPS) is 10.9. The smallest absolute Gasteiger partial charge is 0.337 e. The predicted molar refractivity (Wildman–Crippen MR) is 114 cm³/mol. The first kappa shape index (κ1) is 19.2. The third kappa shape index (κ3) is 4.04. The number of halogens is 2. The zero-order chi connectivity index (χ0) is 20.4. The van der Waals surface area contributed by atoms with Crippen LogP contribution in [-0.2, 0) is 11.3 Å². The van der Waals surface area contributed by atoms with Crippen LogP contribution >= 0.6 is 23.2 Å². The van der Waals surface area contributed by atoms with E-state index in [1.54, 1.807) is 41.0 Å². The number of anilines is 1. The molecule has 0 bridgehead atoms. The van der Waals surface area contributed by atoms with Gasteiger partial charge in [0.1, 0.15) is 5.82 Å². The predicted octanol–water partition coefficient (Wildman–Crippen LogP) is 5.10. The standard InChI is InChI=1S/C21H16Cl2N4O2/c1-29-21(28)14-4-2-3-13(9-14)18-11-20(27-19(26-18)7-8-25-27)24-12-15-5-6-16(22)10-17(15)23/h2-11,24H,12H2,1H3. The lowest BCUT2D eigenvalue weighted by Crippen LogP contribution is -2.07. The van der Waals surface area contributed by atoms with Crippen molar-refractivity contribution < 1.29 is 9.53 Å². The van der Waals surface area contributed by atoms with E-state index < -0.39 is 5.97 Å². The number of fused-ring (bicyclic) bond motifs is 1. The van der Waals surface area contributed by atoms with Crippen LogP contribution in [0.1, 0.15) is 15.9 Å². The average molecular weight is 427 g/mol. The van der Waals surface area contributed by atoms with Crippen LogP contribution in [0.2, 0.25) is 10.0 Å². The van der Waals surface area contributed by atoms with Crippen molar-refractivity contribution in [2.75, 3.05) is 12.4 Å². The molecule has 0 aliphatic heterocycles. The first-order valence-corrected chi connectivity index (χ1v) is 9.52. The Hall–Kier alpha value is -3.09. The van der Waals surface area contributed by atoms with Crippen LogP contribution in [0.25, 0.3) is 16.9 Å². The third-order valence-corrected chi connectivity index (χ3v) is 5.00. The minimum atomic E-state index is -0.395. The van der Waals surface area contributed by atoms with Gasteiger partial charge in [-0.15, -0.1) is 0 Å². The van der Waals surface area contributed by atoms with Gasteiger partial charge in [0.05, 0.1) is 24.6 Å². The molecule has 0 amide bonds. The lowest BCUT2D eigenvalue weighted by atomic mass is 10.1. The highest BCUT2D eigenvalue weighted by Gasteiger charge is 2.12. The summed E-state index contributed by atoms with van der Waals surface area (Å²) < 4.78 is 6.51. The van der Waals surface area contributed by atoms with Gasteiger partial charge in [0, 0.05) is 34.3 Å². The van der Waals surface area contributed by atoms with Crippen molar-refractivity contribution in [1.82, 2.24) is 14.6 Å². The second-order valence-corrected chi connectivity index (χ2v) is 7.13. The summed E-state index contributed by atoms with van der Waals surface area (Å²) in [5.74, 6) is 0.345. The molecule has 0 aliphatic rings. The highest BCUT2D eigenvalue weighted by atomic mass is 35.5. The second kappa shape index (κ2) is 8.11. The largest absolute Gasteiger partial charge is 0.465 e. The minimum absolute atomic E-state index is 0.395. The van der Waals surface area contributed by atoms with Gasteiger partial charge in [-0.25, -0.2) is 9.78 Å². The Bertz CT molecular complexity index is 1210. The van der Waals surface area contributed by atoms with Gasteiger partial charge in [0.15, 0.2) is 5.65 Å².